The Morgan fingerprint density at radius 3 is 2.64 bits per heavy atom. The maximum Gasteiger partial charge on any atom is 0.129 e. The molecule has 25 heavy (non-hydrogen) atoms. The van der Waals surface area contributed by atoms with Crippen molar-refractivity contribution in [3.8, 4) is 0 Å². The average Bonchev–Trinajstić information content (AvgIpc) is 3.29. The van der Waals surface area contributed by atoms with Crippen molar-refractivity contribution in [1.82, 2.24) is 4.90 Å². The van der Waals surface area contributed by atoms with Crippen LogP contribution in [-0.2, 0) is 24.4 Å². The van der Waals surface area contributed by atoms with Gasteiger partial charge in [-0.05, 0) is 29.1 Å². The lowest BCUT2D eigenvalue weighted by molar-refractivity contribution is 0.00268. The monoisotopic (exact) mass is 357 g/mol. The molecule has 3 aromatic rings. The largest absolute Gasteiger partial charge is 0.467 e. The van der Waals surface area contributed by atoms with Crippen molar-refractivity contribution in [3.63, 3.8) is 0 Å². The Balaban J connectivity index is 1.52. The summed E-state index contributed by atoms with van der Waals surface area (Å²) in [5, 5.41) is 12.4. The van der Waals surface area contributed by atoms with Crippen molar-refractivity contribution in [2.75, 3.05) is 13.2 Å². The molecule has 0 saturated heterocycles. The van der Waals surface area contributed by atoms with Gasteiger partial charge in [-0.15, -0.1) is 11.3 Å². The van der Waals surface area contributed by atoms with E-state index in [9.17, 15) is 5.11 Å². The van der Waals surface area contributed by atoms with Crippen molar-refractivity contribution in [2.24, 2.45) is 0 Å². The summed E-state index contributed by atoms with van der Waals surface area (Å²) in [6.45, 7) is 2.85. The average molecular weight is 357 g/mol. The summed E-state index contributed by atoms with van der Waals surface area (Å²) in [5.41, 5.74) is 1.24. The summed E-state index contributed by atoms with van der Waals surface area (Å²) in [4.78, 5) is 3.54. The number of rotatable bonds is 10. The number of nitrogens with zero attached hydrogens (tertiary/aromatic N) is 1. The number of ether oxygens (including phenoxy) is 1. The highest BCUT2D eigenvalue weighted by Gasteiger charge is 2.14. The molecule has 0 unspecified atom stereocenters. The Morgan fingerprint density at radius 2 is 1.92 bits per heavy atom. The van der Waals surface area contributed by atoms with E-state index in [-0.39, 0.29) is 6.61 Å². The van der Waals surface area contributed by atoms with Crippen LogP contribution in [0.5, 0.6) is 0 Å². The Bertz CT molecular complexity index is 698. The molecule has 0 spiro atoms. The second-order valence-corrected chi connectivity index (χ2v) is 7.02. The zero-order valence-electron chi connectivity index (χ0n) is 14.1. The van der Waals surface area contributed by atoms with Gasteiger partial charge in [-0.2, -0.15) is 0 Å². The van der Waals surface area contributed by atoms with E-state index in [4.69, 9.17) is 9.15 Å². The van der Waals surface area contributed by atoms with Crippen LogP contribution in [0.3, 0.4) is 0 Å². The van der Waals surface area contributed by atoms with Crippen molar-refractivity contribution in [2.45, 2.75) is 25.8 Å². The summed E-state index contributed by atoms with van der Waals surface area (Å²) in [5.74, 6) is 0.770. The van der Waals surface area contributed by atoms with Gasteiger partial charge in [-0.25, -0.2) is 0 Å². The Hall–Kier alpha value is -1.92. The molecule has 1 atom stereocenters. The minimum absolute atomic E-state index is 0.288. The molecule has 0 radical (unpaired) electrons. The van der Waals surface area contributed by atoms with Crippen molar-refractivity contribution >= 4 is 11.3 Å². The van der Waals surface area contributed by atoms with Crippen LogP contribution in [-0.4, -0.2) is 29.3 Å². The summed E-state index contributed by atoms with van der Waals surface area (Å²) >= 11 is 1.74. The first-order chi connectivity index (χ1) is 12.3. The fraction of sp³-hybridized carbons (Fsp3) is 0.300. The third kappa shape index (κ3) is 6.14. The highest BCUT2D eigenvalue weighted by Crippen LogP contribution is 2.15. The number of hydrogen-bond donors (Lipinski definition) is 1. The highest BCUT2D eigenvalue weighted by molar-refractivity contribution is 7.09. The van der Waals surface area contributed by atoms with Crippen molar-refractivity contribution in [1.29, 1.82) is 0 Å². The molecule has 0 aliphatic rings. The van der Waals surface area contributed by atoms with Crippen LogP contribution in [0.2, 0.25) is 0 Å². The van der Waals surface area contributed by atoms with E-state index in [1.165, 1.54) is 10.4 Å². The standard InChI is InChI=1S/C20H23NO3S/c22-18(15-23-16-19-8-4-10-24-19)13-21(14-20-9-5-11-25-20)12-17-6-2-1-3-7-17/h1-11,18,22H,12-16H2/t18-/m1/s1. The molecule has 0 aliphatic carbocycles. The zero-order valence-corrected chi connectivity index (χ0v) is 14.9. The van der Waals surface area contributed by atoms with Gasteiger partial charge < -0.3 is 14.3 Å². The maximum absolute atomic E-state index is 10.4. The third-order valence-electron chi connectivity index (χ3n) is 3.81. The second kappa shape index (κ2) is 9.53. The van der Waals surface area contributed by atoms with E-state index in [1.54, 1.807) is 17.6 Å². The number of thiophene rings is 1. The molecule has 0 bridgehead atoms. The summed E-state index contributed by atoms with van der Waals surface area (Å²) in [6, 6.07) is 18.2. The van der Waals surface area contributed by atoms with Crippen LogP contribution in [0.4, 0.5) is 0 Å². The van der Waals surface area contributed by atoms with Crippen LogP contribution < -0.4 is 0 Å². The van der Waals surface area contributed by atoms with Gasteiger partial charge in [0.05, 0.1) is 19.0 Å². The number of furan rings is 1. The maximum atomic E-state index is 10.4. The predicted octanol–water partition coefficient (Wildman–Crippen LogP) is 3.92. The number of aliphatic hydroxyl groups excluding tert-OH is 1. The molecule has 132 valence electrons. The molecule has 4 nitrogen and oxygen atoms in total. The van der Waals surface area contributed by atoms with E-state index in [0.717, 1.165) is 18.8 Å². The molecule has 1 aromatic carbocycles. The summed E-state index contributed by atoms with van der Waals surface area (Å²) in [6.07, 6.45) is 1.08. The number of benzene rings is 1. The van der Waals surface area contributed by atoms with Gasteiger partial charge in [0.1, 0.15) is 12.4 Å². The lowest BCUT2D eigenvalue weighted by Crippen LogP contribution is -2.34. The van der Waals surface area contributed by atoms with Crippen LogP contribution in [0, 0.1) is 0 Å². The molecule has 2 heterocycles. The molecular formula is C20H23NO3S. The number of hydrogen-bond acceptors (Lipinski definition) is 5. The normalized spacial score (nSPS) is 12.6. The SMILES string of the molecule is O[C@@H](COCc1ccco1)CN(Cc1ccccc1)Cc1cccs1. The van der Waals surface area contributed by atoms with Crippen molar-refractivity contribution < 1.29 is 14.3 Å². The molecule has 2 aromatic heterocycles. The lowest BCUT2D eigenvalue weighted by atomic mass is 10.2. The van der Waals surface area contributed by atoms with Gasteiger partial charge in [-0.3, -0.25) is 4.90 Å². The molecule has 0 aliphatic heterocycles. The van der Waals surface area contributed by atoms with Crippen molar-refractivity contribution in [3.05, 3.63) is 82.4 Å². The Morgan fingerprint density at radius 1 is 1.04 bits per heavy atom. The highest BCUT2D eigenvalue weighted by atomic mass is 32.1. The fourth-order valence-electron chi connectivity index (χ4n) is 2.69. The van der Waals surface area contributed by atoms with Crippen LogP contribution in [0.15, 0.2) is 70.7 Å². The van der Waals surface area contributed by atoms with Gasteiger partial charge in [0.25, 0.3) is 0 Å². The zero-order chi connectivity index (χ0) is 17.3. The first-order valence-electron chi connectivity index (χ1n) is 8.36. The minimum Gasteiger partial charge on any atom is -0.467 e. The van der Waals surface area contributed by atoms with Gasteiger partial charge in [0, 0.05) is 24.5 Å². The first kappa shape index (κ1) is 17.9. The molecular weight excluding hydrogens is 334 g/mol. The van der Waals surface area contributed by atoms with E-state index in [0.29, 0.717) is 13.2 Å². The Labute approximate surface area is 152 Å². The van der Waals surface area contributed by atoms with E-state index in [2.05, 4.69) is 34.5 Å². The van der Waals surface area contributed by atoms with Gasteiger partial charge >= 0.3 is 0 Å². The second-order valence-electron chi connectivity index (χ2n) is 5.98. The lowest BCUT2D eigenvalue weighted by Gasteiger charge is -2.24. The first-order valence-corrected chi connectivity index (χ1v) is 9.24. The molecule has 3 rings (SSSR count). The van der Waals surface area contributed by atoms with Crippen LogP contribution in [0.1, 0.15) is 16.2 Å². The van der Waals surface area contributed by atoms with Crippen LogP contribution >= 0.6 is 11.3 Å². The summed E-state index contributed by atoms with van der Waals surface area (Å²) < 4.78 is 10.8. The van der Waals surface area contributed by atoms with Gasteiger partial charge in [0.2, 0.25) is 0 Å². The van der Waals surface area contributed by atoms with E-state index < -0.39 is 6.10 Å². The number of aliphatic hydroxyl groups is 1. The Kier molecular flexibility index (Phi) is 6.82. The van der Waals surface area contributed by atoms with Gasteiger partial charge in [0.15, 0.2) is 0 Å². The predicted molar refractivity (Wildman–Crippen MR) is 99.2 cm³/mol. The molecule has 0 amide bonds. The smallest absolute Gasteiger partial charge is 0.129 e. The molecule has 1 N–H and O–H groups in total. The summed E-state index contributed by atoms with van der Waals surface area (Å²) in [7, 11) is 0. The van der Waals surface area contributed by atoms with Gasteiger partial charge in [-0.1, -0.05) is 36.4 Å². The topological polar surface area (TPSA) is 45.8 Å². The quantitative estimate of drug-likeness (QED) is 0.597. The minimum atomic E-state index is -0.543. The van der Waals surface area contributed by atoms with Crippen LogP contribution in [0.25, 0.3) is 0 Å². The fourth-order valence-corrected chi connectivity index (χ4v) is 3.44. The van der Waals surface area contributed by atoms with E-state index >= 15 is 0 Å². The molecule has 0 saturated carbocycles. The third-order valence-corrected chi connectivity index (χ3v) is 4.67. The molecule has 0 fully saturated rings. The van der Waals surface area contributed by atoms with E-state index in [1.807, 2.05) is 30.3 Å². The molecule has 5 heteroatoms.